The second-order valence-corrected chi connectivity index (χ2v) is 3.00. The lowest BCUT2D eigenvalue weighted by atomic mass is 10.5. The van der Waals surface area contributed by atoms with Crippen LogP contribution in [-0.4, -0.2) is 11.6 Å². The molecule has 1 rings (SSSR count). The Balaban J connectivity index is 2.83. The molecule has 0 amide bonds. The van der Waals surface area contributed by atoms with Gasteiger partial charge in [-0.25, -0.2) is 4.98 Å². The van der Waals surface area contributed by atoms with E-state index in [0.717, 1.165) is 4.90 Å². The maximum absolute atomic E-state index is 5.25. The van der Waals surface area contributed by atoms with Gasteiger partial charge in [0.1, 0.15) is 0 Å². The van der Waals surface area contributed by atoms with Gasteiger partial charge in [-0.3, -0.25) is 0 Å². The van der Waals surface area contributed by atoms with Gasteiger partial charge in [0.25, 0.3) is 0 Å². The Bertz CT molecular complexity index is 229. The van der Waals surface area contributed by atoms with Gasteiger partial charge in [-0.05, 0) is 19.1 Å². The van der Waals surface area contributed by atoms with Crippen LogP contribution in [0.3, 0.4) is 0 Å². The molecular weight excluding hydrogens is 178 g/mol. The smallest absolute Gasteiger partial charge is 0.228 e. The van der Waals surface area contributed by atoms with Crippen LogP contribution in [0.4, 0.5) is 0 Å². The summed E-state index contributed by atoms with van der Waals surface area (Å²) in [6.45, 7) is 2.57. The number of hydrogen-bond donors (Lipinski definition) is 1. The summed E-state index contributed by atoms with van der Waals surface area (Å²) < 4.78 is 5.25. The normalized spacial score (nSPS) is 9.64. The molecule has 0 N–H and O–H groups in total. The molecule has 4 heteroatoms. The van der Waals surface area contributed by atoms with Crippen LogP contribution in [0.2, 0.25) is 0 Å². The molecule has 0 aliphatic carbocycles. The highest BCUT2D eigenvalue weighted by Crippen LogP contribution is 2.28. The summed E-state index contributed by atoms with van der Waals surface area (Å²) in [5.74, 6) is 0.662. The average molecular weight is 187 g/mol. The molecule has 0 unspecified atom stereocenters. The van der Waals surface area contributed by atoms with E-state index in [0.29, 0.717) is 12.5 Å². The Morgan fingerprint density at radius 1 is 1.73 bits per heavy atom. The molecule has 0 aromatic carbocycles. The number of pyridine rings is 1. The van der Waals surface area contributed by atoms with Crippen LogP contribution in [0.5, 0.6) is 5.88 Å². The number of thiol groups is 1. The molecule has 0 atom stereocenters. The van der Waals surface area contributed by atoms with Crippen molar-refractivity contribution in [2.24, 2.45) is 0 Å². The predicted octanol–water partition coefficient (Wildman–Crippen LogP) is 2.42. The zero-order valence-electron chi connectivity index (χ0n) is 6.15. The van der Waals surface area contributed by atoms with Gasteiger partial charge < -0.3 is 4.74 Å². The molecule has 0 bridgehead atoms. The Hall–Kier alpha value is -0.350. The van der Waals surface area contributed by atoms with E-state index in [1.54, 1.807) is 6.20 Å². The summed E-state index contributed by atoms with van der Waals surface area (Å²) in [6, 6.07) is 3.79. The second kappa shape index (κ2) is 4.51. The van der Waals surface area contributed by atoms with Crippen LogP contribution in [0.1, 0.15) is 6.92 Å². The van der Waals surface area contributed by atoms with Crippen LogP contribution in [-0.2, 0) is 0 Å². The van der Waals surface area contributed by atoms with Gasteiger partial charge >= 0.3 is 0 Å². The number of nitrogens with zero attached hydrogens (tertiary/aromatic N) is 1. The quantitative estimate of drug-likeness (QED) is 0.580. The fraction of sp³-hybridized carbons (Fsp3) is 0.286. The summed E-state index contributed by atoms with van der Waals surface area (Å²) in [5.41, 5.74) is 0. The SMILES string of the molecule is CCOc1ncccc1SS. The molecule has 0 saturated carbocycles. The maximum atomic E-state index is 5.25. The molecule has 11 heavy (non-hydrogen) atoms. The van der Waals surface area contributed by atoms with Crippen molar-refractivity contribution in [1.29, 1.82) is 0 Å². The summed E-state index contributed by atoms with van der Waals surface area (Å²) in [4.78, 5) is 5.00. The van der Waals surface area contributed by atoms with Gasteiger partial charge in [-0.2, -0.15) is 0 Å². The fourth-order valence-electron chi connectivity index (χ4n) is 0.691. The lowest BCUT2D eigenvalue weighted by molar-refractivity contribution is 0.318. The van der Waals surface area contributed by atoms with E-state index >= 15 is 0 Å². The molecule has 0 aliphatic rings. The van der Waals surface area contributed by atoms with E-state index in [-0.39, 0.29) is 0 Å². The highest BCUT2D eigenvalue weighted by molar-refractivity contribution is 8.68. The molecule has 1 aromatic heterocycles. The van der Waals surface area contributed by atoms with Crippen LogP contribution in [0.15, 0.2) is 23.2 Å². The van der Waals surface area contributed by atoms with Gasteiger partial charge in [-0.1, -0.05) is 10.8 Å². The summed E-state index contributed by atoms with van der Waals surface area (Å²) in [7, 11) is 1.34. The largest absolute Gasteiger partial charge is 0.477 e. The molecule has 0 spiro atoms. The highest BCUT2D eigenvalue weighted by atomic mass is 33.1. The molecule has 0 aliphatic heterocycles. The lowest BCUT2D eigenvalue weighted by Crippen LogP contribution is -1.94. The van der Waals surface area contributed by atoms with Crippen molar-refractivity contribution < 1.29 is 4.74 Å². The number of ether oxygens (including phenoxy) is 1. The average Bonchev–Trinajstić information content (AvgIpc) is 2.06. The number of aromatic nitrogens is 1. The van der Waals surface area contributed by atoms with E-state index in [1.165, 1.54) is 10.8 Å². The highest BCUT2D eigenvalue weighted by Gasteiger charge is 2.00. The van der Waals surface area contributed by atoms with Gasteiger partial charge in [0.15, 0.2) is 0 Å². The van der Waals surface area contributed by atoms with Crippen LogP contribution in [0, 0.1) is 0 Å². The van der Waals surface area contributed by atoms with Gasteiger partial charge in [0, 0.05) is 6.20 Å². The zero-order chi connectivity index (χ0) is 8.10. The molecule has 0 fully saturated rings. The van der Waals surface area contributed by atoms with Crippen LogP contribution in [0.25, 0.3) is 0 Å². The molecule has 1 heterocycles. The third kappa shape index (κ3) is 2.31. The maximum Gasteiger partial charge on any atom is 0.228 e. The van der Waals surface area contributed by atoms with Crippen molar-refractivity contribution in [3.63, 3.8) is 0 Å². The number of hydrogen-bond acceptors (Lipinski definition) is 4. The van der Waals surface area contributed by atoms with Gasteiger partial charge in [0.2, 0.25) is 5.88 Å². The first kappa shape index (κ1) is 8.74. The van der Waals surface area contributed by atoms with Crippen molar-refractivity contribution >= 4 is 22.5 Å². The standard InChI is InChI=1S/C7H9NOS2/c1-2-9-7-6(11-10)4-3-5-8-7/h3-5,10H,2H2,1H3. The minimum absolute atomic E-state index is 0.637. The molecule has 0 radical (unpaired) electrons. The van der Waals surface area contributed by atoms with Crippen molar-refractivity contribution in [2.75, 3.05) is 6.61 Å². The van der Waals surface area contributed by atoms with Crippen molar-refractivity contribution in [3.05, 3.63) is 18.3 Å². The second-order valence-electron chi connectivity index (χ2n) is 1.83. The molecule has 60 valence electrons. The van der Waals surface area contributed by atoms with E-state index < -0.39 is 0 Å². The minimum atomic E-state index is 0.637. The number of rotatable bonds is 3. The first-order valence-electron chi connectivity index (χ1n) is 3.27. The summed E-state index contributed by atoms with van der Waals surface area (Å²) in [5, 5.41) is 0. The van der Waals surface area contributed by atoms with Crippen molar-refractivity contribution in [2.45, 2.75) is 11.8 Å². The molecule has 0 saturated heterocycles. The van der Waals surface area contributed by atoms with Gasteiger partial charge in [0.05, 0.1) is 11.5 Å². The Labute approximate surface area is 75.2 Å². The van der Waals surface area contributed by atoms with Gasteiger partial charge in [-0.15, -0.1) is 11.7 Å². The van der Waals surface area contributed by atoms with Crippen molar-refractivity contribution in [3.8, 4) is 5.88 Å². The summed E-state index contributed by atoms with van der Waals surface area (Å²) >= 11 is 4.07. The summed E-state index contributed by atoms with van der Waals surface area (Å²) in [6.07, 6.45) is 1.71. The minimum Gasteiger partial charge on any atom is -0.477 e. The predicted molar refractivity (Wildman–Crippen MR) is 50.2 cm³/mol. The van der Waals surface area contributed by atoms with Crippen LogP contribution >= 0.6 is 22.5 Å². The fourth-order valence-corrected chi connectivity index (χ4v) is 1.44. The molecular formula is C7H9NOS2. The van der Waals surface area contributed by atoms with Crippen LogP contribution < -0.4 is 4.74 Å². The zero-order valence-corrected chi connectivity index (χ0v) is 7.86. The first-order valence-corrected chi connectivity index (χ1v) is 5.14. The Kier molecular flexibility index (Phi) is 3.59. The lowest BCUT2D eigenvalue weighted by Gasteiger charge is -2.04. The Morgan fingerprint density at radius 2 is 2.55 bits per heavy atom. The topological polar surface area (TPSA) is 22.1 Å². The first-order chi connectivity index (χ1) is 5.38. The third-order valence-corrected chi connectivity index (χ3v) is 2.21. The molecule has 2 nitrogen and oxygen atoms in total. The van der Waals surface area contributed by atoms with E-state index in [9.17, 15) is 0 Å². The van der Waals surface area contributed by atoms with Crippen molar-refractivity contribution in [1.82, 2.24) is 4.98 Å². The van der Waals surface area contributed by atoms with E-state index in [2.05, 4.69) is 16.6 Å². The molecule has 1 aromatic rings. The third-order valence-electron chi connectivity index (χ3n) is 1.12. The van der Waals surface area contributed by atoms with E-state index in [1.807, 2.05) is 19.1 Å². The van der Waals surface area contributed by atoms with E-state index in [4.69, 9.17) is 4.74 Å². The Morgan fingerprint density at radius 3 is 3.18 bits per heavy atom. The monoisotopic (exact) mass is 187 g/mol.